The van der Waals surface area contributed by atoms with E-state index in [1.807, 2.05) is 0 Å². The van der Waals surface area contributed by atoms with Gasteiger partial charge in [-0.15, -0.1) is 0 Å². The third kappa shape index (κ3) is 4.55. The van der Waals surface area contributed by atoms with Crippen molar-refractivity contribution >= 4 is 16.9 Å². The minimum absolute atomic E-state index is 0.0435. The maximum absolute atomic E-state index is 14.3. The number of nitrogens with one attached hydrogen (secondary N) is 1. The van der Waals surface area contributed by atoms with Crippen LogP contribution in [-0.2, 0) is 6.42 Å². The number of hydrogen-bond donors (Lipinski definition) is 2. The number of halogens is 2. The average molecular weight is 479 g/mol. The summed E-state index contributed by atoms with van der Waals surface area (Å²) in [6.45, 7) is 1.61. The molecule has 1 amide bonds. The standard InChI is InChI=1S/C25H24F2N6O2/c1-25(27)8-6-17(7-9-25)33-23-19(13-30-33)24(35)32-21(31-23)11-15-10-16(26)3-4-18(15)14-2-5-20(22(28)34)29-12-14/h2-5,10,12-13,17H,6-9,11H2,1H3,(H2,28,34)(H,31,32,35). The van der Waals surface area contributed by atoms with Crippen molar-refractivity contribution < 1.29 is 13.6 Å². The lowest BCUT2D eigenvalue weighted by Crippen LogP contribution is -2.28. The first-order chi connectivity index (χ1) is 16.7. The fourth-order valence-corrected chi connectivity index (χ4v) is 4.65. The summed E-state index contributed by atoms with van der Waals surface area (Å²) in [6, 6.07) is 7.46. The summed E-state index contributed by atoms with van der Waals surface area (Å²) in [5.74, 6) is -0.726. The number of carbonyl (C=O) groups is 1. The molecule has 0 aliphatic heterocycles. The number of H-pyrrole nitrogens is 1. The van der Waals surface area contributed by atoms with Gasteiger partial charge in [0, 0.05) is 18.2 Å². The Bertz CT molecular complexity index is 1470. The molecule has 8 nitrogen and oxygen atoms in total. The van der Waals surface area contributed by atoms with Gasteiger partial charge in [-0.05, 0) is 61.9 Å². The topological polar surface area (TPSA) is 120 Å². The van der Waals surface area contributed by atoms with Crippen LogP contribution in [0.1, 0.15) is 60.5 Å². The van der Waals surface area contributed by atoms with Crippen molar-refractivity contribution in [2.75, 3.05) is 0 Å². The van der Waals surface area contributed by atoms with Crippen molar-refractivity contribution in [1.29, 1.82) is 0 Å². The highest BCUT2D eigenvalue weighted by Crippen LogP contribution is 2.37. The fraction of sp³-hybridized carbons (Fsp3) is 0.320. The van der Waals surface area contributed by atoms with Gasteiger partial charge >= 0.3 is 0 Å². The molecule has 180 valence electrons. The molecule has 3 aromatic heterocycles. The summed E-state index contributed by atoms with van der Waals surface area (Å²) in [5, 5.41) is 4.74. The summed E-state index contributed by atoms with van der Waals surface area (Å²) in [7, 11) is 0. The minimum Gasteiger partial charge on any atom is -0.364 e. The Morgan fingerprint density at radius 3 is 2.69 bits per heavy atom. The van der Waals surface area contributed by atoms with Crippen LogP contribution < -0.4 is 11.3 Å². The number of nitrogens with zero attached hydrogens (tertiary/aromatic N) is 4. The van der Waals surface area contributed by atoms with Crippen LogP contribution in [0.3, 0.4) is 0 Å². The zero-order chi connectivity index (χ0) is 24.7. The number of benzene rings is 1. The molecule has 1 saturated carbocycles. The van der Waals surface area contributed by atoms with Gasteiger partial charge in [-0.3, -0.25) is 14.6 Å². The highest BCUT2D eigenvalue weighted by Gasteiger charge is 2.32. The van der Waals surface area contributed by atoms with Crippen molar-refractivity contribution in [3.63, 3.8) is 0 Å². The molecule has 3 heterocycles. The van der Waals surface area contributed by atoms with Gasteiger partial charge in [0.05, 0.1) is 12.2 Å². The molecule has 5 rings (SSSR count). The molecule has 1 aliphatic rings. The maximum Gasteiger partial charge on any atom is 0.267 e. The molecule has 0 bridgehead atoms. The molecule has 3 N–H and O–H groups in total. The van der Waals surface area contributed by atoms with Crippen LogP contribution in [0.2, 0.25) is 0 Å². The quantitative estimate of drug-likeness (QED) is 0.452. The number of amides is 1. The first-order valence-corrected chi connectivity index (χ1v) is 11.4. The smallest absolute Gasteiger partial charge is 0.267 e. The van der Waals surface area contributed by atoms with Gasteiger partial charge in [-0.1, -0.05) is 12.1 Å². The van der Waals surface area contributed by atoms with Crippen molar-refractivity contribution in [2.24, 2.45) is 5.73 Å². The first-order valence-electron chi connectivity index (χ1n) is 11.4. The SMILES string of the molecule is CC1(F)CCC(n2ncc3c(=O)[nH]c(Cc4cc(F)ccc4-c4ccc(C(N)=O)nc4)nc32)CC1. The number of aromatic nitrogens is 5. The predicted molar refractivity (Wildman–Crippen MR) is 126 cm³/mol. The maximum atomic E-state index is 14.3. The van der Waals surface area contributed by atoms with E-state index in [1.165, 1.54) is 30.6 Å². The number of primary amides is 1. The van der Waals surface area contributed by atoms with Gasteiger partial charge < -0.3 is 10.7 Å². The largest absolute Gasteiger partial charge is 0.364 e. The van der Waals surface area contributed by atoms with E-state index in [2.05, 4.69) is 20.1 Å². The summed E-state index contributed by atoms with van der Waals surface area (Å²) < 4.78 is 30.2. The van der Waals surface area contributed by atoms with E-state index >= 15 is 0 Å². The van der Waals surface area contributed by atoms with Gasteiger partial charge in [-0.25, -0.2) is 18.4 Å². The van der Waals surface area contributed by atoms with Gasteiger partial charge in [0.15, 0.2) is 5.65 Å². The Kier molecular flexibility index (Phi) is 5.66. The van der Waals surface area contributed by atoms with Crippen molar-refractivity contribution in [3.05, 3.63) is 76.0 Å². The van der Waals surface area contributed by atoms with Crippen molar-refractivity contribution in [2.45, 2.75) is 50.7 Å². The van der Waals surface area contributed by atoms with Crippen LogP contribution in [0.4, 0.5) is 8.78 Å². The lowest BCUT2D eigenvalue weighted by atomic mass is 9.85. The molecule has 10 heteroatoms. The summed E-state index contributed by atoms with van der Waals surface area (Å²) in [6.07, 6.45) is 5.18. The Labute approximate surface area is 199 Å². The number of nitrogens with two attached hydrogens (primary N) is 1. The van der Waals surface area contributed by atoms with Crippen LogP contribution in [0.25, 0.3) is 22.2 Å². The molecule has 1 aliphatic carbocycles. The second-order valence-electron chi connectivity index (χ2n) is 9.26. The van der Waals surface area contributed by atoms with E-state index < -0.39 is 17.4 Å². The number of pyridine rings is 1. The van der Waals surface area contributed by atoms with Crippen LogP contribution >= 0.6 is 0 Å². The second-order valence-corrected chi connectivity index (χ2v) is 9.26. The van der Waals surface area contributed by atoms with Crippen LogP contribution in [-0.4, -0.2) is 36.3 Å². The number of fused-ring (bicyclic) bond motifs is 1. The average Bonchev–Trinajstić information content (AvgIpc) is 3.24. The van der Waals surface area contributed by atoms with Gasteiger partial charge in [0.2, 0.25) is 0 Å². The molecular formula is C25H24F2N6O2. The van der Waals surface area contributed by atoms with E-state index in [1.54, 1.807) is 23.7 Å². The molecule has 1 fully saturated rings. The lowest BCUT2D eigenvalue weighted by Gasteiger charge is -2.31. The number of hydrogen-bond acceptors (Lipinski definition) is 5. The highest BCUT2D eigenvalue weighted by atomic mass is 19.1. The Morgan fingerprint density at radius 2 is 2.00 bits per heavy atom. The van der Waals surface area contributed by atoms with Crippen LogP contribution in [0.5, 0.6) is 0 Å². The monoisotopic (exact) mass is 478 g/mol. The molecule has 0 spiro atoms. The normalized spacial score (nSPS) is 20.3. The molecule has 1 aromatic carbocycles. The first kappa shape index (κ1) is 22.8. The number of alkyl halides is 1. The van der Waals surface area contributed by atoms with Gasteiger partial charge in [0.1, 0.15) is 28.4 Å². The molecule has 0 radical (unpaired) electrons. The summed E-state index contributed by atoms with van der Waals surface area (Å²) in [5.41, 5.74) is 6.22. The highest BCUT2D eigenvalue weighted by molar-refractivity contribution is 5.91. The predicted octanol–water partition coefficient (Wildman–Crippen LogP) is 3.85. The van der Waals surface area contributed by atoms with E-state index in [0.29, 0.717) is 59.2 Å². The fourth-order valence-electron chi connectivity index (χ4n) is 4.65. The molecule has 0 atom stereocenters. The van der Waals surface area contributed by atoms with E-state index in [4.69, 9.17) is 5.73 Å². The molecule has 0 unspecified atom stereocenters. The summed E-state index contributed by atoms with van der Waals surface area (Å²) in [4.78, 5) is 35.6. The van der Waals surface area contributed by atoms with Crippen molar-refractivity contribution in [3.8, 4) is 11.1 Å². The lowest BCUT2D eigenvalue weighted by molar-refractivity contribution is 0.0995. The molecule has 4 aromatic rings. The molecule has 35 heavy (non-hydrogen) atoms. The Balaban J connectivity index is 1.51. The van der Waals surface area contributed by atoms with Gasteiger partial charge in [0.25, 0.3) is 11.5 Å². The third-order valence-electron chi connectivity index (χ3n) is 6.61. The number of carbonyl (C=O) groups excluding carboxylic acids is 1. The second kappa shape index (κ2) is 8.68. The van der Waals surface area contributed by atoms with E-state index in [9.17, 15) is 18.4 Å². The van der Waals surface area contributed by atoms with E-state index in [-0.39, 0.29) is 23.7 Å². The van der Waals surface area contributed by atoms with E-state index in [0.717, 1.165) is 0 Å². The van der Waals surface area contributed by atoms with Crippen LogP contribution in [0, 0.1) is 5.82 Å². The zero-order valence-corrected chi connectivity index (χ0v) is 19.1. The Morgan fingerprint density at radius 1 is 1.23 bits per heavy atom. The zero-order valence-electron chi connectivity index (χ0n) is 19.1. The summed E-state index contributed by atoms with van der Waals surface area (Å²) >= 11 is 0. The minimum atomic E-state index is -1.19. The third-order valence-corrected chi connectivity index (χ3v) is 6.61. The number of aromatic amines is 1. The van der Waals surface area contributed by atoms with Crippen LogP contribution in [0.15, 0.2) is 47.5 Å². The van der Waals surface area contributed by atoms with Crippen molar-refractivity contribution in [1.82, 2.24) is 24.7 Å². The molecule has 0 saturated heterocycles. The Hall–Kier alpha value is -3.95. The molecular weight excluding hydrogens is 454 g/mol. The van der Waals surface area contributed by atoms with Gasteiger partial charge in [-0.2, -0.15) is 5.10 Å². The number of rotatable bonds is 5.